The third kappa shape index (κ3) is 4.56. The molecule has 0 atom stereocenters. The Bertz CT molecular complexity index is 589. The zero-order valence-electron chi connectivity index (χ0n) is 13.0. The summed E-state index contributed by atoms with van der Waals surface area (Å²) in [6, 6.07) is 4.22. The highest BCUT2D eigenvalue weighted by Crippen LogP contribution is 2.29. The molecule has 1 amide bonds. The predicted molar refractivity (Wildman–Crippen MR) is 91.8 cm³/mol. The first-order valence-electron chi connectivity index (χ1n) is 7.31. The Morgan fingerprint density at radius 3 is 2.57 bits per heavy atom. The number of likely N-dealkylation sites (N-methyl/N-ethyl adjacent to an activating group) is 1. The lowest BCUT2D eigenvalue weighted by molar-refractivity contribution is -0.384. The summed E-state index contributed by atoms with van der Waals surface area (Å²) in [7, 11) is 1.65. The summed E-state index contributed by atoms with van der Waals surface area (Å²) in [6.45, 7) is 0.207. The summed E-state index contributed by atoms with van der Waals surface area (Å²) in [5, 5.41) is 11.2. The maximum Gasteiger partial charge on any atom is 0.269 e. The zero-order chi connectivity index (χ0) is 16.3. The van der Waals surface area contributed by atoms with E-state index in [9.17, 15) is 14.9 Å². The number of non-ortho nitro benzene ring substituents is 1. The second kappa shape index (κ2) is 7.95. The molecule has 0 heterocycles. The SMILES string of the molecule is CN(Cc1cc([N+](=O)[O-])ccc1Cl)C(=O)C1(N)CCCCC1.Cl. The van der Waals surface area contributed by atoms with Crippen LogP contribution in [-0.2, 0) is 11.3 Å². The Morgan fingerprint density at radius 1 is 1.39 bits per heavy atom. The second-order valence-electron chi connectivity index (χ2n) is 5.91. The molecule has 1 aliphatic carbocycles. The van der Waals surface area contributed by atoms with E-state index in [1.54, 1.807) is 7.05 Å². The van der Waals surface area contributed by atoms with Crippen molar-refractivity contribution in [1.29, 1.82) is 0 Å². The fraction of sp³-hybridized carbons (Fsp3) is 0.533. The molecule has 0 aliphatic heterocycles. The van der Waals surface area contributed by atoms with Gasteiger partial charge in [0, 0.05) is 30.7 Å². The molecule has 0 unspecified atom stereocenters. The van der Waals surface area contributed by atoms with Crippen molar-refractivity contribution in [2.24, 2.45) is 5.73 Å². The summed E-state index contributed by atoms with van der Waals surface area (Å²) in [5.74, 6) is -0.130. The number of carbonyl (C=O) groups excluding carboxylic acids is 1. The summed E-state index contributed by atoms with van der Waals surface area (Å²) in [4.78, 5) is 24.5. The van der Waals surface area contributed by atoms with Crippen LogP contribution in [0.15, 0.2) is 18.2 Å². The maximum absolute atomic E-state index is 12.6. The minimum atomic E-state index is -0.819. The van der Waals surface area contributed by atoms with Gasteiger partial charge < -0.3 is 10.6 Å². The van der Waals surface area contributed by atoms with E-state index < -0.39 is 10.5 Å². The van der Waals surface area contributed by atoms with Crippen LogP contribution >= 0.6 is 24.0 Å². The van der Waals surface area contributed by atoms with E-state index in [1.165, 1.54) is 23.1 Å². The first kappa shape index (κ1) is 19.7. The number of halogens is 2. The number of amides is 1. The van der Waals surface area contributed by atoms with Crippen molar-refractivity contribution in [2.75, 3.05) is 7.05 Å². The smallest absolute Gasteiger partial charge is 0.269 e. The van der Waals surface area contributed by atoms with Gasteiger partial charge >= 0.3 is 0 Å². The molecule has 0 bridgehead atoms. The third-order valence-electron chi connectivity index (χ3n) is 4.17. The van der Waals surface area contributed by atoms with Crippen LogP contribution in [-0.4, -0.2) is 28.3 Å². The van der Waals surface area contributed by atoms with Crippen LogP contribution in [0.4, 0.5) is 5.69 Å². The van der Waals surface area contributed by atoms with Gasteiger partial charge in [0.1, 0.15) is 0 Å². The number of rotatable bonds is 4. The van der Waals surface area contributed by atoms with Crippen LogP contribution in [0.3, 0.4) is 0 Å². The fourth-order valence-corrected chi connectivity index (χ4v) is 3.08. The third-order valence-corrected chi connectivity index (χ3v) is 4.53. The zero-order valence-corrected chi connectivity index (χ0v) is 14.5. The molecule has 2 rings (SSSR count). The van der Waals surface area contributed by atoms with E-state index >= 15 is 0 Å². The van der Waals surface area contributed by atoms with Crippen LogP contribution in [0.5, 0.6) is 0 Å². The van der Waals surface area contributed by atoms with Crippen molar-refractivity contribution >= 4 is 35.6 Å². The molecule has 128 valence electrons. The average Bonchev–Trinajstić information content (AvgIpc) is 2.49. The van der Waals surface area contributed by atoms with Crippen LogP contribution in [0.2, 0.25) is 5.02 Å². The number of nitro benzene ring substituents is 1. The Balaban J connectivity index is 0.00000264. The number of nitrogens with two attached hydrogens (primary N) is 1. The van der Waals surface area contributed by atoms with Gasteiger partial charge in [0.15, 0.2) is 0 Å². The molecule has 0 saturated heterocycles. The lowest BCUT2D eigenvalue weighted by Gasteiger charge is -2.35. The largest absolute Gasteiger partial charge is 0.340 e. The van der Waals surface area contributed by atoms with Crippen LogP contribution in [0.25, 0.3) is 0 Å². The Labute approximate surface area is 146 Å². The number of nitrogens with zero attached hydrogens (tertiary/aromatic N) is 2. The summed E-state index contributed by atoms with van der Waals surface area (Å²) in [6.07, 6.45) is 4.37. The highest BCUT2D eigenvalue weighted by molar-refractivity contribution is 6.31. The van der Waals surface area contributed by atoms with Gasteiger partial charge in [-0.15, -0.1) is 12.4 Å². The molecule has 8 heteroatoms. The second-order valence-corrected chi connectivity index (χ2v) is 6.32. The summed E-state index contributed by atoms with van der Waals surface area (Å²) < 4.78 is 0. The molecule has 0 radical (unpaired) electrons. The van der Waals surface area contributed by atoms with Gasteiger partial charge in [-0.25, -0.2) is 0 Å². The van der Waals surface area contributed by atoms with E-state index in [0.717, 1.165) is 19.3 Å². The first-order valence-corrected chi connectivity index (χ1v) is 7.68. The van der Waals surface area contributed by atoms with Crippen LogP contribution in [0, 0.1) is 10.1 Å². The molecule has 23 heavy (non-hydrogen) atoms. The molecule has 6 nitrogen and oxygen atoms in total. The number of benzene rings is 1. The van der Waals surface area contributed by atoms with E-state index in [2.05, 4.69) is 0 Å². The van der Waals surface area contributed by atoms with E-state index in [-0.39, 0.29) is 30.5 Å². The van der Waals surface area contributed by atoms with Crippen LogP contribution < -0.4 is 5.73 Å². The molecule has 1 fully saturated rings. The molecular formula is C15H21Cl2N3O3. The van der Waals surface area contributed by atoms with E-state index in [0.29, 0.717) is 23.4 Å². The van der Waals surface area contributed by atoms with E-state index in [1.807, 2.05) is 0 Å². The van der Waals surface area contributed by atoms with Gasteiger partial charge in [0.25, 0.3) is 5.69 Å². The number of nitro groups is 1. The predicted octanol–water partition coefficient (Wildman–Crippen LogP) is 3.29. The van der Waals surface area contributed by atoms with Gasteiger partial charge in [-0.2, -0.15) is 0 Å². The normalized spacial score (nSPS) is 16.3. The van der Waals surface area contributed by atoms with Gasteiger partial charge in [-0.05, 0) is 24.5 Å². The Kier molecular flexibility index (Phi) is 6.80. The van der Waals surface area contributed by atoms with Gasteiger partial charge in [0.2, 0.25) is 5.91 Å². The summed E-state index contributed by atoms with van der Waals surface area (Å²) in [5.41, 5.74) is 5.93. The van der Waals surface area contributed by atoms with Crippen LogP contribution in [0.1, 0.15) is 37.7 Å². The number of carbonyl (C=O) groups is 1. The average molecular weight is 362 g/mol. The quantitative estimate of drug-likeness (QED) is 0.657. The highest BCUT2D eigenvalue weighted by Gasteiger charge is 2.37. The van der Waals surface area contributed by atoms with Crippen molar-refractivity contribution in [3.05, 3.63) is 38.9 Å². The first-order chi connectivity index (χ1) is 10.3. The molecule has 1 aliphatic rings. The minimum absolute atomic E-state index is 0. The van der Waals surface area contributed by atoms with Crippen molar-refractivity contribution in [2.45, 2.75) is 44.2 Å². The molecular weight excluding hydrogens is 341 g/mol. The van der Waals surface area contributed by atoms with Crippen molar-refractivity contribution in [3.8, 4) is 0 Å². The highest BCUT2D eigenvalue weighted by atomic mass is 35.5. The maximum atomic E-state index is 12.6. The lowest BCUT2D eigenvalue weighted by Crippen LogP contribution is -2.55. The van der Waals surface area contributed by atoms with Crippen molar-refractivity contribution in [3.63, 3.8) is 0 Å². The van der Waals surface area contributed by atoms with Gasteiger partial charge in [-0.3, -0.25) is 14.9 Å². The van der Waals surface area contributed by atoms with Gasteiger partial charge in [0.05, 0.1) is 10.5 Å². The Hall–Kier alpha value is -1.37. The monoisotopic (exact) mass is 361 g/mol. The summed E-state index contributed by atoms with van der Waals surface area (Å²) >= 11 is 6.08. The fourth-order valence-electron chi connectivity index (χ4n) is 2.90. The van der Waals surface area contributed by atoms with Crippen molar-refractivity contribution < 1.29 is 9.72 Å². The number of hydrogen-bond donors (Lipinski definition) is 1. The minimum Gasteiger partial charge on any atom is -0.340 e. The number of hydrogen-bond acceptors (Lipinski definition) is 4. The topological polar surface area (TPSA) is 89.5 Å². The molecule has 0 aromatic heterocycles. The molecule has 2 N–H and O–H groups in total. The molecule has 1 aromatic carbocycles. The Morgan fingerprint density at radius 2 is 2.00 bits per heavy atom. The van der Waals surface area contributed by atoms with E-state index in [4.69, 9.17) is 17.3 Å². The molecule has 0 spiro atoms. The van der Waals surface area contributed by atoms with Crippen molar-refractivity contribution in [1.82, 2.24) is 4.90 Å². The molecule has 1 aromatic rings. The molecule has 1 saturated carbocycles. The van der Waals surface area contributed by atoms with Gasteiger partial charge in [-0.1, -0.05) is 30.9 Å². The standard InChI is InChI=1S/C15H20ClN3O3.ClH/c1-18(14(20)15(17)7-3-2-4-8-15)10-11-9-12(19(21)22)5-6-13(11)16;/h5-6,9H,2-4,7-8,10,17H2,1H3;1H. The lowest BCUT2D eigenvalue weighted by atomic mass is 9.81.